The Kier molecular flexibility index (Phi) is 10.3. The number of anilines is 1. The van der Waals surface area contributed by atoms with Crippen LogP contribution in [0.5, 0.6) is 5.75 Å². The molecule has 0 fully saturated rings. The van der Waals surface area contributed by atoms with Gasteiger partial charge in [0.05, 0.1) is 17.8 Å². The first-order valence-corrected chi connectivity index (χ1v) is 12.5. The predicted octanol–water partition coefficient (Wildman–Crippen LogP) is 4.29. The van der Waals surface area contributed by atoms with Crippen molar-refractivity contribution in [2.75, 3.05) is 5.32 Å². The van der Waals surface area contributed by atoms with Crippen LogP contribution in [0.4, 0.5) is 19.0 Å². The summed E-state index contributed by atoms with van der Waals surface area (Å²) in [7, 11) is 0. The van der Waals surface area contributed by atoms with Crippen LogP contribution in [0.1, 0.15) is 50.1 Å². The van der Waals surface area contributed by atoms with Gasteiger partial charge in [0.2, 0.25) is 5.91 Å². The number of rotatable bonds is 13. The molecule has 0 radical (unpaired) electrons. The van der Waals surface area contributed by atoms with Crippen LogP contribution in [0.3, 0.4) is 0 Å². The number of halogens is 3. The third-order valence-corrected chi connectivity index (χ3v) is 5.51. The lowest BCUT2D eigenvalue weighted by Gasteiger charge is -2.10. The van der Waals surface area contributed by atoms with E-state index in [1.54, 1.807) is 24.4 Å². The quantitative estimate of drug-likeness (QED) is 0.319. The molecule has 0 aliphatic carbocycles. The molecule has 9 nitrogen and oxygen atoms in total. The highest BCUT2D eigenvalue weighted by Gasteiger charge is 2.31. The first-order valence-electron chi connectivity index (χ1n) is 12.5. The highest BCUT2D eigenvalue weighted by atomic mass is 19.4. The van der Waals surface area contributed by atoms with E-state index in [0.29, 0.717) is 42.8 Å². The van der Waals surface area contributed by atoms with E-state index in [2.05, 4.69) is 25.2 Å². The van der Waals surface area contributed by atoms with Crippen LogP contribution in [0.15, 0.2) is 53.5 Å². The Balaban J connectivity index is 1.42. The molecule has 1 aromatic carbocycles. The minimum absolute atomic E-state index is 0.0612. The molecule has 3 aromatic rings. The van der Waals surface area contributed by atoms with Crippen LogP contribution in [0, 0.1) is 5.92 Å². The summed E-state index contributed by atoms with van der Waals surface area (Å²) in [6.07, 6.45) is -0.660. The third-order valence-electron chi connectivity index (χ3n) is 5.51. The molecular weight excluding hydrogens is 515 g/mol. The summed E-state index contributed by atoms with van der Waals surface area (Å²) in [4.78, 5) is 40.5. The molecular formula is C27H30F3N5O4. The molecule has 0 aliphatic heterocycles. The van der Waals surface area contributed by atoms with Gasteiger partial charge in [-0.2, -0.15) is 10.1 Å². The predicted molar refractivity (Wildman–Crippen MR) is 137 cm³/mol. The Labute approximate surface area is 223 Å². The topological polar surface area (TPSA) is 116 Å². The number of hydrogen-bond acceptors (Lipinski definition) is 7. The molecule has 1 N–H and O–H groups in total. The lowest BCUT2D eigenvalue weighted by atomic mass is 10.0. The second kappa shape index (κ2) is 13.6. The maximum atomic E-state index is 12.4. The van der Waals surface area contributed by atoms with E-state index >= 15 is 0 Å². The summed E-state index contributed by atoms with van der Waals surface area (Å²) in [6, 6.07) is 10.2. The van der Waals surface area contributed by atoms with Gasteiger partial charge in [-0.3, -0.25) is 14.2 Å². The van der Waals surface area contributed by atoms with Gasteiger partial charge in [0.25, 0.3) is 0 Å². The van der Waals surface area contributed by atoms with Gasteiger partial charge >= 0.3 is 12.1 Å². The molecule has 0 saturated heterocycles. The second-order valence-electron chi connectivity index (χ2n) is 9.50. The van der Waals surface area contributed by atoms with Crippen LogP contribution < -0.4 is 15.7 Å². The number of aromatic nitrogens is 4. The van der Waals surface area contributed by atoms with Crippen molar-refractivity contribution in [2.45, 2.75) is 65.3 Å². The number of ketones is 1. The van der Waals surface area contributed by atoms with Crippen molar-refractivity contribution in [2.24, 2.45) is 5.92 Å². The minimum atomic E-state index is -4.81. The monoisotopic (exact) mass is 545 g/mol. The smallest absolute Gasteiger partial charge is 0.406 e. The molecule has 0 unspecified atom stereocenters. The lowest BCUT2D eigenvalue weighted by Crippen LogP contribution is -2.24. The van der Waals surface area contributed by atoms with Gasteiger partial charge in [0, 0.05) is 25.6 Å². The standard InChI is InChI=1S/C27H30F3N5O4/c1-18(2)14-22(36)17-21-11-13-35(26(38)31-21)12-4-3-7-20-9-10-24(34-33-20)32-25(37)16-19-6-5-8-23(15-19)39-27(28,29)30/h5-6,8-11,13,15,18H,3-4,7,12,14,16-17H2,1-2H3,(H,32,34,37). The first-order chi connectivity index (χ1) is 18.5. The summed E-state index contributed by atoms with van der Waals surface area (Å²) in [5, 5.41) is 10.6. The highest BCUT2D eigenvalue weighted by Crippen LogP contribution is 2.23. The number of Topliss-reactive ketones (excluding diaryl/α,β-unsaturated/α-hetero) is 1. The van der Waals surface area contributed by atoms with Crippen molar-refractivity contribution in [3.63, 3.8) is 0 Å². The number of nitrogens with one attached hydrogen (secondary N) is 1. The molecule has 0 bridgehead atoms. The number of aryl methyl sites for hydroxylation is 2. The fourth-order valence-electron chi connectivity index (χ4n) is 3.84. The van der Waals surface area contributed by atoms with Gasteiger partial charge in [-0.25, -0.2) is 4.79 Å². The highest BCUT2D eigenvalue weighted by molar-refractivity contribution is 5.91. The Morgan fingerprint density at radius 1 is 1.03 bits per heavy atom. The number of nitrogens with zero attached hydrogens (tertiary/aromatic N) is 4. The number of hydrogen-bond donors (Lipinski definition) is 1. The molecule has 2 aromatic heterocycles. The van der Waals surface area contributed by atoms with E-state index in [9.17, 15) is 27.6 Å². The number of benzene rings is 1. The molecule has 0 atom stereocenters. The Morgan fingerprint density at radius 2 is 1.82 bits per heavy atom. The molecule has 3 rings (SSSR count). The summed E-state index contributed by atoms with van der Waals surface area (Å²) in [6.45, 7) is 4.41. The van der Waals surface area contributed by atoms with Crippen LogP contribution >= 0.6 is 0 Å². The van der Waals surface area contributed by atoms with Gasteiger partial charge in [0.15, 0.2) is 5.82 Å². The SMILES string of the molecule is CC(C)CC(=O)Cc1ccn(CCCCc2ccc(NC(=O)Cc3cccc(OC(F)(F)F)c3)nn2)c(=O)n1. The molecule has 39 heavy (non-hydrogen) atoms. The Hall–Kier alpha value is -4.09. The van der Waals surface area contributed by atoms with Gasteiger partial charge in [-0.15, -0.1) is 18.3 Å². The summed E-state index contributed by atoms with van der Waals surface area (Å²) in [5.74, 6) is -0.319. The van der Waals surface area contributed by atoms with E-state index in [1.165, 1.54) is 16.7 Å². The molecule has 0 spiro atoms. The van der Waals surface area contributed by atoms with Crippen LogP contribution in [-0.4, -0.2) is 37.8 Å². The maximum Gasteiger partial charge on any atom is 0.573 e. The number of carbonyl (C=O) groups is 2. The van der Waals surface area contributed by atoms with Crippen LogP contribution in [0.2, 0.25) is 0 Å². The minimum Gasteiger partial charge on any atom is -0.406 e. The van der Waals surface area contributed by atoms with Gasteiger partial charge < -0.3 is 10.1 Å². The zero-order valence-corrected chi connectivity index (χ0v) is 21.7. The van der Waals surface area contributed by atoms with Crippen molar-refractivity contribution in [3.8, 4) is 5.75 Å². The van der Waals surface area contributed by atoms with Crippen molar-refractivity contribution >= 4 is 17.5 Å². The van der Waals surface area contributed by atoms with E-state index < -0.39 is 18.0 Å². The van der Waals surface area contributed by atoms with E-state index in [4.69, 9.17) is 0 Å². The zero-order valence-electron chi connectivity index (χ0n) is 21.7. The second-order valence-corrected chi connectivity index (χ2v) is 9.50. The van der Waals surface area contributed by atoms with Crippen molar-refractivity contribution in [1.82, 2.24) is 19.7 Å². The average Bonchev–Trinajstić information content (AvgIpc) is 2.82. The van der Waals surface area contributed by atoms with Crippen molar-refractivity contribution in [3.05, 3.63) is 76.1 Å². The number of unbranched alkanes of at least 4 members (excludes halogenated alkanes) is 1. The number of amides is 1. The molecule has 208 valence electrons. The molecule has 12 heteroatoms. The number of ether oxygens (including phenoxy) is 1. The van der Waals surface area contributed by atoms with Crippen molar-refractivity contribution in [1.29, 1.82) is 0 Å². The maximum absolute atomic E-state index is 12.4. The zero-order chi connectivity index (χ0) is 28.4. The van der Waals surface area contributed by atoms with Crippen LogP contribution in [0.25, 0.3) is 0 Å². The van der Waals surface area contributed by atoms with Crippen molar-refractivity contribution < 1.29 is 27.5 Å². The van der Waals surface area contributed by atoms with E-state index in [-0.39, 0.29) is 36.1 Å². The van der Waals surface area contributed by atoms with Gasteiger partial charge in [-0.05, 0) is 61.1 Å². The third kappa shape index (κ3) is 10.7. The Morgan fingerprint density at radius 3 is 2.49 bits per heavy atom. The fourth-order valence-corrected chi connectivity index (χ4v) is 3.84. The first kappa shape index (κ1) is 29.5. The van der Waals surface area contributed by atoms with E-state index in [0.717, 1.165) is 18.6 Å². The molecule has 2 heterocycles. The van der Waals surface area contributed by atoms with E-state index in [1.807, 2.05) is 13.8 Å². The fraction of sp³-hybridized carbons (Fsp3) is 0.407. The summed E-state index contributed by atoms with van der Waals surface area (Å²) in [5.41, 5.74) is 1.15. The Bertz CT molecular complexity index is 1320. The molecule has 0 aliphatic rings. The average molecular weight is 546 g/mol. The molecule has 0 saturated carbocycles. The summed E-state index contributed by atoms with van der Waals surface area (Å²) < 4.78 is 42.5. The largest absolute Gasteiger partial charge is 0.573 e. The normalized spacial score (nSPS) is 11.4. The van der Waals surface area contributed by atoms with Gasteiger partial charge in [-0.1, -0.05) is 26.0 Å². The number of carbonyl (C=O) groups excluding carboxylic acids is 2. The van der Waals surface area contributed by atoms with Crippen LogP contribution in [-0.2, 0) is 35.4 Å². The van der Waals surface area contributed by atoms with Gasteiger partial charge in [0.1, 0.15) is 11.5 Å². The number of alkyl halides is 3. The summed E-state index contributed by atoms with van der Waals surface area (Å²) >= 11 is 0. The molecule has 1 amide bonds. The lowest BCUT2D eigenvalue weighted by molar-refractivity contribution is -0.274.